The van der Waals surface area contributed by atoms with Gasteiger partial charge in [-0.2, -0.15) is 0 Å². The summed E-state index contributed by atoms with van der Waals surface area (Å²) in [5, 5.41) is 10.9. The molecule has 1 N–H and O–H groups in total. The smallest absolute Gasteiger partial charge is 0.336 e. The van der Waals surface area contributed by atoms with Crippen LogP contribution >= 0.6 is 11.6 Å². The van der Waals surface area contributed by atoms with Crippen molar-refractivity contribution in [2.24, 2.45) is 5.92 Å². The molecule has 1 fully saturated rings. The number of rotatable bonds is 4. The summed E-state index contributed by atoms with van der Waals surface area (Å²) < 4.78 is 5.36. The molecule has 0 saturated carbocycles. The molecule has 1 aliphatic rings. The average Bonchev–Trinajstić information content (AvgIpc) is 2.55. The maximum atomic E-state index is 11.9. The molecule has 5 heteroatoms. The van der Waals surface area contributed by atoms with Gasteiger partial charge in [-0.25, -0.2) is 4.79 Å². The maximum absolute atomic E-state index is 11.9. The lowest BCUT2D eigenvalue weighted by Crippen LogP contribution is -2.34. The zero-order chi connectivity index (χ0) is 16.4. The molecule has 4 nitrogen and oxygen atoms in total. The molecule has 0 amide bonds. The topological polar surface area (TPSA) is 53.7 Å². The minimum Gasteiger partial charge on any atom is -0.423 e. The summed E-state index contributed by atoms with van der Waals surface area (Å²) in [6, 6.07) is 5.36. The minimum absolute atomic E-state index is 0.265. The van der Waals surface area contributed by atoms with Crippen molar-refractivity contribution in [3.8, 4) is 0 Å². The third-order valence-corrected chi connectivity index (χ3v) is 5.09. The average molecular weight is 336 g/mol. The molecule has 1 aliphatic heterocycles. The van der Waals surface area contributed by atoms with Crippen LogP contribution in [0.25, 0.3) is 11.0 Å². The van der Waals surface area contributed by atoms with Gasteiger partial charge in [0.2, 0.25) is 0 Å². The third-order valence-electron chi connectivity index (χ3n) is 4.74. The molecular formula is C18H22ClNO3. The zero-order valence-corrected chi connectivity index (χ0v) is 14.1. The summed E-state index contributed by atoms with van der Waals surface area (Å²) >= 11 is 6.33. The van der Waals surface area contributed by atoms with Crippen LogP contribution in [0.15, 0.2) is 27.4 Å². The second kappa shape index (κ2) is 7.04. The first-order valence-corrected chi connectivity index (χ1v) is 8.57. The second-order valence-electron chi connectivity index (χ2n) is 6.29. The lowest BCUT2D eigenvalue weighted by atomic mass is 9.97. The van der Waals surface area contributed by atoms with Crippen LogP contribution in [0, 0.1) is 5.92 Å². The van der Waals surface area contributed by atoms with Gasteiger partial charge in [-0.15, -0.1) is 0 Å². The first-order valence-electron chi connectivity index (χ1n) is 8.19. The number of aryl methyl sites for hydroxylation is 1. The van der Waals surface area contributed by atoms with E-state index in [9.17, 15) is 9.90 Å². The van der Waals surface area contributed by atoms with E-state index in [1.807, 2.05) is 19.1 Å². The maximum Gasteiger partial charge on any atom is 0.336 e. The van der Waals surface area contributed by atoms with Crippen LogP contribution < -0.4 is 5.63 Å². The Bertz CT molecular complexity index is 748. The summed E-state index contributed by atoms with van der Waals surface area (Å²) in [7, 11) is 0. The Kier molecular flexibility index (Phi) is 5.05. The van der Waals surface area contributed by atoms with Gasteiger partial charge in [-0.05, 0) is 61.5 Å². The van der Waals surface area contributed by atoms with Crippen LogP contribution in [0.2, 0.25) is 5.02 Å². The van der Waals surface area contributed by atoms with E-state index in [0.29, 0.717) is 23.1 Å². The van der Waals surface area contributed by atoms with Gasteiger partial charge in [0.05, 0.1) is 0 Å². The van der Waals surface area contributed by atoms with Gasteiger partial charge in [0.15, 0.2) is 0 Å². The number of fused-ring (bicyclic) bond motifs is 1. The molecule has 0 spiro atoms. The molecule has 3 rings (SSSR count). The third kappa shape index (κ3) is 3.60. The highest BCUT2D eigenvalue weighted by Crippen LogP contribution is 2.27. The minimum atomic E-state index is -0.317. The number of hydrogen-bond acceptors (Lipinski definition) is 4. The molecule has 0 unspecified atom stereocenters. The highest BCUT2D eigenvalue weighted by atomic mass is 35.5. The zero-order valence-electron chi connectivity index (χ0n) is 13.3. The van der Waals surface area contributed by atoms with Gasteiger partial charge >= 0.3 is 5.63 Å². The van der Waals surface area contributed by atoms with Crippen molar-refractivity contribution in [3.05, 3.63) is 44.8 Å². The van der Waals surface area contributed by atoms with Gasteiger partial charge < -0.3 is 9.52 Å². The van der Waals surface area contributed by atoms with Gasteiger partial charge in [0, 0.05) is 29.6 Å². The van der Waals surface area contributed by atoms with E-state index in [2.05, 4.69) is 4.90 Å². The predicted octanol–water partition coefficient (Wildman–Crippen LogP) is 3.21. The lowest BCUT2D eigenvalue weighted by Gasteiger charge is -2.31. The molecule has 1 saturated heterocycles. The number of hydrogen-bond donors (Lipinski definition) is 1. The highest BCUT2D eigenvalue weighted by molar-refractivity contribution is 6.32. The number of halogens is 1. The Morgan fingerprint density at radius 3 is 2.65 bits per heavy atom. The fourth-order valence-corrected chi connectivity index (χ4v) is 3.56. The molecule has 2 aromatic rings. The Hall–Kier alpha value is -1.36. The number of piperidine rings is 1. The highest BCUT2D eigenvalue weighted by Gasteiger charge is 2.20. The number of benzene rings is 1. The summed E-state index contributed by atoms with van der Waals surface area (Å²) in [6.45, 7) is 4.88. The van der Waals surface area contributed by atoms with Crippen LogP contribution in [-0.4, -0.2) is 29.7 Å². The normalized spacial score (nSPS) is 17.0. The molecule has 0 bridgehead atoms. The van der Waals surface area contributed by atoms with Gasteiger partial charge in [0.25, 0.3) is 0 Å². The number of likely N-dealkylation sites (tertiary alicyclic amines) is 1. The van der Waals surface area contributed by atoms with Gasteiger partial charge in [-0.1, -0.05) is 18.5 Å². The molecule has 1 aromatic heterocycles. The van der Waals surface area contributed by atoms with Crippen molar-refractivity contribution >= 4 is 22.6 Å². The summed E-state index contributed by atoms with van der Waals surface area (Å²) in [5.74, 6) is 0.408. The van der Waals surface area contributed by atoms with Crippen molar-refractivity contribution < 1.29 is 9.52 Å². The standard InChI is InChI=1S/C18H22ClNO3/c1-2-13-7-17-15(9-16(13)19)14(8-18(22)23-17)10-20-5-3-12(11-21)4-6-20/h7-9,12,21H,2-6,10-11H2,1H3. The van der Waals surface area contributed by atoms with Crippen LogP contribution in [0.5, 0.6) is 0 Å². The lowest BCUT2D eigenvalue weighted by molar-refractivity contribution is 0.127. The van der Waals surface area contributed by atoms with Gasteiger partial charge in [0.1, 0.15) is 5.58 Å². The predicted molar refractivity (Wildman–Crippen MR) is 92.0 cm³/mol. The number of nitrogens with zero attached hydrogens (tertiary/aromatic N) is 1. The van der Waals surface area contributed by atoms with Crippen LogP contribution in [0.3, 0.4) is 0 Å². The van der Waals surface area contributed by atoms with Crippen LogP contribution in [0.1, 0.15) is 30.9 Å². The number of aliphatic hydroxyl groups excluding tert-OH is 1. The van der Waals surface area contributed by atoms with E-state index in [-0.39, 0.29) is 12.2 Å². The Morgan fingerprint density at radius 2 is 2.00 bits per heavy atom. The fraction of sp³-hybridized carbons (Fsp3) is 0.500. The van der Waals surface area contributed by atoms with Crippen molar-refractivity contribution in [1.29, 1.82) is 0 Å². The van der Waals surface area contributed by atoms with E-state index in [1.54, 1.807) is 6.07 Å². The molecule has 1 aromatic carbocycles. The van der Waals surface area contributed by atoms with E-state index in [0.717, 1.165) is 48.9 Å². The second-order valence-corrected chi connectivity index (χ2v) is 6.69. The van der Waals surface area contributed by atoms with E-state index in [1.165, 1.54) is 0 Å². The largest absolute Gasteiger partial charge is 0.423 e. The molecule has 124 valence electrons. The fourth-order valence-electron chi connectivity index (χ4n) is 3.26. The van der Waals surface area contributed by atoms with Crippen molar-refractivity contribution in [1.82, 2.24) is 4.90 Å². The Morgan fingerprint density at radius 1 is 1.26 bits per heavy atom. The monoisotopic (exact) mass is 335 g/mol. The van der Waals surface area contributed by atoms with Crippen LogP contribution in [-0.2, 0) is 13.0 Å². The molecular weight excluding hydrogens is 314 g/mol. The van der Waals surface area contributed by atoms with Crippen molar-refractivity contribution in [2.75, 3.05) is 19.7 Å². The summed E-state index contributed by atoms with van der Waals surface area (Å²) in [5.41, 5.74) is 2.24. The van der Waals surface area contributed by atoms with Crippen molar-refractivity contribution in [2.45, 2.75) is 32.7 Å². The Labute approximate surface area is 140 Å². The Balaban J connectivity index is 1.91. The van der Waals surface area contributed by atoms with E-state index in [4.69, 9.17) is 16.0 Å². The molecule has 23 heavy (non-hydrogen) atoms. The SMILES string of the molecule is CCc1cc2oc(=O)cc(CN3CCC(CO)CC3)c2cc1Cl. The van der Waals surface area contributed by atoms with Crippen LogP contribution in [0.4, 0.5) is 0 Å². The number of aliphatic hydroxyl groups is 1. The molecule has 0 aliphatic carbocycles. The first-order chi connectivity index (χ1) is 11.1. The molecule has 2 heterocycles. The van der Waals surface area contributed by atoms with E-state index >= 15 is 0 Å². The molecule has 0 radical (unpaired) electrons. The quantitative estimate of drug-likeness (QED) is 0.872. The van der Waals surface area contributed by atoms with Crippen molar-refractivity contribution in [3.63, 3.8) is 0 Å². The van der Waals surface area contributed by atoms with Gasteiger partial charge in [-0.3, -0.25) is 4.90 Å². The first kappa shape index (κ1) is 16.5. The summed E-state index contributed by atoms with van der Waals surface area (Å²) in [4.78, 5) is 14.2. The van der Waals surface area contributed by atoms with E-state index < -0.39 is 0 Å². The molecule has 0 atom stereocenters. The summed E-state index contributed by atoms with van der Waals surface area (Å²) in [6.07, 6.45) is 2.80.